The zero-order valence-electron chi connectivity index (χ0n) is 51.0. The molecule has 0 saturated carbocycles. The van der Waals surface area contributed by atoms with E-state index < -0.39 is 70.9 Å². The molecule has 4 amide bonds. The number of aromatic carboxylic acids is 1. The predicted molar refractivity (Wildman–Crippen MR) is 346 cm³/mol. The molecule has 11 rings (SSSR count). The van der Waals surface area contributed by atoms with Gasteiger partial charge in [-0.25, -0.2) is 28.5 Å². The van der Waals surface area contributed by atoms with E-state index in [1.807, 2.05) is 79.1 Å². The molecule has 4 aromatic heterocycles. The first-order valence-corrected chi connectivity index (χ1v) is 32.5. The highest BCUT2D eigenvalue weighted by atomic mass is 32.1. The average molecular weight is 1290 g/mol. The summed E-state index contributed by atoms with van der Waals surface area (Å²) in [6.45, 7) is 13.4. The highest BCUT2D eigenvalue weighted by Crippen LogP contribution is 2.40. The SMILES string of the molecule is Cc1ncsc1-c1ccc([C@H](C)NC(=O)[C@@H]2C[C@@H](O)CN2C(=O)[C@@H](NC(=O)c2ccc(C(=O)N3CCN(CC#Cc4ccc(OCCCc5sc(N6CCCc7c6nnc(Nc6nc8ccccc8s6)c7C)nc5C(=O)O)c(F)c4)CC3)cc2F)C(C)(C)C)cc1. The Balaban J connectivity index is 0.630. The second kappa shape index (κ2) is 27.3. The largest absolute Gasteiger partial charge is 0.491 e. The fourth-order valence-electron chi connectivity index (χ4n) is 11.4. The smallest absolute Gasteiger partial charge is 0.355 e. The van der Waals surface area contributed by atoms with Crippen molar-refractivity contribution in [1.29, 1.82) is 0 Å². The second-order valence-electron chi connectivity index (χ2n) is 23.9. The Morgan fingerprint density at radius 3 is 2.38 bits per heavy atom. The van der Waals surface area contributed by atoms with Gasteiger partial charge in [-0.1, -0.05) is 80.3 Å². The third-order valence-corrected chi connectivity index (χ3v) is 19.5. The number of fused-ring (bicyclic) bond motifs is 2. The van der Waals surface area contributed by atoms with Crippen LogP contribution >= 0.6 is 34.0 Å². The van der Waals surface area contributed by atoms with Crippen LogP contribution in [-0.2, 0) is 22.4 Å². The highest BCUT2D eigenvalue weighted by Gasteiger charge is 2.45. The molecule has 3 aliphatic rings. The summed E-state index contributed by atoms with van der Waals surface area (Å²) in [5.74, 6) is 2.28. The van der Waals surface area contributed by atoms with E-state index in [0.717, 1.165) is 61.9 Å². The number of hydrogen-bond acceptors (Lipinski definition) is 18. The monoisotopic (exact) mass is 1290 g/mol. The third kappa shape index (κ3) is 14.4. The Morgan fingerprint density at radius 2 is 1.67 bits per heavy atom. The maximum Gasteiger partial charge on any atom is 0.355 e. The molecule has 0 unspecified atom stereocenters. The van der Waals surface area contributed by atoms with Crippen molar-refractivity contribution in [3.05, 3.63) is 152 Å². The van der Waals surface area contributed by atoms with Gasteiger partial charge in [0.1, 0.15) is 17.9 Å². The Bertz CT molecular complexity index is 4100. The van der Waals surface area contributed by atoms with Crippen molar-refractivity contribution in [3.8, 4) is 28.0 Å². The van der Waals surface area contributed by atoms with Crippen LogP contribution in [0, 0.1) is 42.7 Å². The molecule has 4 atom stereocenters. The molecule has 5 N–H and O–H groups in total. The van der Waals surface area contributed by atoms with Crippen LogP contribution in [-0.4, -0.2) is 150 Å². The van der Waals surface area contributed by atoms with Gasteiger partial charge in [0.05, 0.1) is 57.2 Å². The van der Waals surface area contributed by atoms with E-state index in [-0.39, 0.29) is 42.1 Å². The van der Waals surface area contributed by atoms with Gasteiger partial charge in [0.2, 0.25) is 11.8 Å². The lowest BCUT2D eigenvalue weighted by atomic mass is 9.85. The number of hydrogen-bond donors (Lipinski definition) is 5. The van der Waals surface area contributed by atoms with Crippen molar-refractivity contribution in [2.24, 2.45) is 5.41 Å². The fraction of sp³-hybridized carbons (Fsp3) is 0.364. The number of benzene rings is 4. The number of anilines is 4. The maximum atomic E-state index is 15.9. The lowest BCUT2D eigenvalue weighted by molar-refractivity contribution is -0.142. The molecule has 4 aromatic carbocycles. The molecule has 7 heterocycles. The Morgan fingerprint density at radius 1 is 0.890 bits per heavy atom. The van der Waals surface area contributed by atoms with Gasteiger partial charge in [0, 0.05) is 72.8 Å². The minimum absolute atomic E-state index is 0.00750. The maximum absolute atomic E-state index is 15.9. The van der Waals surface area contributed by atoms with Crippen LogP contribution in [0.5, 0.6) is 5.75 Å². The first-order valence-electron chi connectivity index (χ1n) is 30.0. The normalized spacial score (nSPS) is 16.6. The van der Waals surface area contributed by atoms with Gasteiger partial charge in [-0.05, 0) is 112 Å². The number of aliphatic hydroxyl groups excluding tert-OH is 1. The number of nitrogens with zero attached hydrogens (tertiary/aromatic N) is 9. The number of ether oxygens (including phenoxy) is 1. The van der Waals surface area contributed by atoms with Crippen LogP contribution in [0.25, 0.3) is 20.7 Å². The quantitative estimate of drug-likeness (QED) is 0.0396. The summed E-state index contributed by atoms with van der Waals surface area (Å²) >= 11 is 4.36. The standard InChI is InChI=1S/C66H68F2N12O8S3/c1-37-45-13-10-26-79(58(45)76-75-57(37)74-64-71-49-14-7-8-15-52(49)90-64)65-72-54(63(86)87)53(91-65)16-11-31-88-51-24-17-40(32-48(51)68)12-9-25-77-27-29-78(30-28-77)61(84)43-22-23-46(47(67)33-43)59(82)73-56(66(4,5)6)62(85)80-35-44(81)34-50(80)60(83)70-38(2)41-18-20-42(21-19-41)55-39(3)69-36-89-55/h7-8,14-15,17-24,32-33,36,38,44,50,56,81H,10-11,13,16,25-31,34-35H2,1-6H3,(H,70,83)(H,73,82)(H,86,87)(H,71,74,75)/t38-,44+,50-,56+/m0/s1. The van der Waals surface area contributed by atoms with Gasteiger partial charge >= 0.3 is 5.97 Å². The van der Waals surface area contributed by atoms with Crippen LogP contribution in [0.3, 0.4) is 0 Å². The molecule has 20 nitrogen and oxygen atoms in total. The summed E-state index contributed by atoms with van der Waals surface area (Å²) in [4.78, 5) is 90.0. The van der Waals surface area contributed by atoms with E-state index in [2.05, 4.69) is 52.9 Å². The summed E-state index contributed by atoms with van der Waals surface area (Å²) in [5.41, 5.74) is 6.54. The number of amides is 4. The summed E-state index contributed by atoms with van der Waals surface area (Å²) < 4.78 is 38.1. The van der Waals surface area contributed by atoms with Gasteiger partial charge in [0.25, 0.3) is 11.8 Å². The van der Waals surface area contributed by atoms with Crippen molar-refractivity contribution in [2.75, 3.05) is 62.6 Å². The topological polar surface area (TPSA) is 249 Å². The average Bonchev–Trinajstić information content (AvgIpc) is 2.22. The number of likely N-dealkylation sites (tertiary alicyclic amines) is 1. The van der Waals surface area contributed by atoms with Crippen LogP contribution in [0.15, 0.2) is 90.4 Å². The van der Waals surface area contributed by atoms with Crippen molar-refractivity contribution >= 4 is 95.7 Å². The van der Waals surface area contributed by atoms with E-state index in [1.54, 1.807) is 48.6 Å². The first kappa shape index (κ1) is 63.8. The Kier molecular flexibility index (Phi) is 19.2. The third-order valence-electron chi connectivity index (χ3n) is 16.4. The minimum atomic E-state index is -1.22. The molecule has 91 heavy (non-hydrogen) atoms. The number of β-amino-alcohol motifs (C(OH)–C–C–N with tert-alkyl or cyclic N) is 1. The number of aryl methyl sites for hydroxylation is 2. The first-order chi connectivity index (χ1) is 43.7. The highest BCUT2D eigenvalue weighted by molar-refractivity contribution is 7.22. The Hall–Kier alpha value is -8.80. The van der Waals surface area contributed by atoms with Gasteiger partial charge in [-0.3, -0.25) is 24.1 Å². The molecule has 0 bridgehead atoms. The number of piperazine rings is 1. The van der Waals surface area contributed by atoms with Gasteiger partial charge < -0.3 is 45.6 Å². The fourth-order valence-corrected chi connectivity index (χ4v) is 14.2. The van der Waals surface area contributed by atoms with Crippen LogP contribution in [0.1, 0.15) is 117 Å². The molecular formula is C66H68F2N12O8S3. The summed E-state index contributed by atoms with van der Waals surface area (Å²) in [6.07, 6.45) is 1.32. The number of carboxylic acids is 1. The van der Waals surface area contributed by atoms with Gasteiger partial charge in [0.15, 0.2) is 39.2 Å². The van der Waals surface area contributed by atoms with Crippen LogP contribution < -0.4 is 25.6 Å². The van der Waals surface area contributed by atoms with Crippen molar-refractivity contribution in [2.45, 2.75) is 97.9 Å². The number of halogens is 2. The molecular weight excluding hydrogens is 1220 g/mol. The number of aromatic nitrogens is 5. The zero-order chi connectivity index (χ0) is 64.3. The molecule has 0 radical (unpaired) electrons. The predicted octanol–water partition coefficient (Wildman–Crippen LogP) is 9.89. The summed E-state index contributed by atoms with van der Waals surface area (Å²) in [7, 11) is 0. The molecule has 472 valence electrons. The van der Waals surface area contributed by atoms with Gasteiger partial charge in [-0.15, -0.1) is 32.9 Å². The van der Waals surface area contributed by atoms with E-state index in [1.165, 1.54) is 51.8 Å². The molecule has 3 aliphatic heterocycles. The molecule has 2 fully saturated rings. The van der Waals surface area contributed by atoms with Gasteiger partial charge in [-0.2, -0.15) is 0 Å². The van der Waals surface area contributed by atoms with E-state index >= 15 is 8.78 Å². The number of carbonyl (C=O) groups is 5. The zero-order valence-corrected chi connectivity index (χ0v) is 53.5. The lowest BCUT2D eigenvalue weighted by Crippen LogP contribution is -2.58. The number of carboxylic acid groups (broad SMARTS) is 1. The van der Waals surface area contributed by atoms with Crippen LogP contribution in [0.4, 0.5) is 30.7 Å². The lowest BCUT2D eigenvalue weighted by Gasteiger charge is -2.35. The number of para-hydroxylation sites is 1. The summed E-state index contributed by atoms with van der Waals surface area (Å²) in [5, 5.41) is 40.2. The molecule has 2 saturated heterocycles. The molecule has 25 heteroatoms. The van der Waals surface area contributed by atoms with Crippen LogP contribution in [0.2, 0.25) is 0 Å². The molecule has 0 aliphatic carbocycles. The minimum Gasteiger partial charge on any atom is -0.491 e. The number of thiazole rings is 3. The van der Waals surface area contributed by atoms with E-state index in [9.17, 15) is 34.2 Å². The van der Waals surface area contributed by atoms with E-state index in [4.69, 9.17) is 4.74 Å². The van der Waals surface area contributed by atoms with E-state index in [0.29, 0.717) is 84.4 Å². The number of rotatable bonds is 18. The van der Waals surface area contributed by atoms with Crippen molar-refractivity contribution in [1.82, 2.24) is 50.5 Å². The van der Waals surface area contributed by atoms with Crippen molar-refractivity contribution in [3.63, 3.8) is 0 Å². The van der Waals surface area contributed by atoms with Crippen molar-refractivity contribution < 1.29 is 47.7 Å². The number of carbonyl (C=O) groups excluding carboxylic acids is 4. The number of nitrogens with one attached hydrogen (secondary N) is 3. The molecule has 8 aromatic rings. The Labute approximate surface area is 536 Å². The molecule has 0 spiro atoms. The number of aliphatic hydroxyl groups is 1. The second-order valence-corrected chi connectivity index (χ2v) is 26.8. The summed E-state index contributed by atoms with van der Waals surface area (Å²) in [6, 6.07) is 21.0.